The van der Waals surface area contributed by atoms with E-state index in [1.165, 1.54) is 14.0 Å². The van der Waals surface area contributed by atoms with E-state index >= 15 is 0 Å². The van der Waals surface area contributed by atoms with Gasteiger partial charge in [-0.05, 0) is 36.4 Å². The molecule has 0 unspecified atom stereocenters. The lowest BCUT2D eigenvalue weighted by molar-refractivity contribution is -0.131. The minimum Gasteiger partial charge on any atom is -0.496 e. The Morgan fingerprint density at radius 3 is 2.28 bits per heavy atom. The second-order valence-corrected chi connectivity index (χ2v) is 8.34. The molecule has 1 aromatic heterocycles. The number of hydrogen-bond acceptors (Lipinski definition) is 6. The van der Waals surface area contributed by atoms with Gasteiger partial charge >= 0.3 is 0 Å². The highest BCUT2D eigenvalue weighted by Crippen LogP contribution is 2.24. The third kappa shape index (κ3) is 5.60. The number of pyridine rings is 1. The molecule has 0 radical (unpaired) electrons. The Balaban J connectivity index is 1.29. The fourth-order valence-electron chi connectivity index (χ4n) is 4.03. The monoisotopic (exact) mass is 489 g/mol. The molecule has 2 aromatic carbocycles. The molecule has 2 N–H and O–H groups in total. The van der Waals surface area contributed by atoms with Crippen LogP contribution in [-0.4, -0.2) is 78.2 Å². The molecule has 10 heteroatoms. The van der Waals surface area contributed by atoms with Crippen LogP contribution in [0.15, 0.2) is 54.6 Å². The molecule has 186 valence electrons. The molecule has 10 nitrogen and oxygen atoms in total. The highest BCUT2D eigenvalue weighted by Gasteiger charge is 2.25. The topological polar surface area (TPSA) is 121 Å². The van der Waals surface area contributed by atoms with E-state index < -0.39 is 5.91 Å². The van der Waals surface area contributed by atoms with Crippen molar-refractivity contribution in [1.29, 1.82) is 0 Å². The molecule has 3 aromatic rings. The molecule has 1 fully saturated rings. The summed E-state index contributed by atoms with van der Waals surface area (Å²) in [6.45, 7) is 2.75. The first-order valence-electron chi connectivity index (χ1n) is 11.5. The number of nitrogens with zero attached hydrogens (tertiary/aromatic N) is 3. The van der Waals surface area contributed by atoms with Gasteiger partial charge in [-0.25, -0.2) is 4.98 Å². The number of fused-ring (bicyclic) bond motifs is 1. The molecule has 2 heterocycles. The van der Waals surface area contributed by atoms with Gasteiger partial charge in [0, 0.05) is 55.8 Å². The van der Waals surface area contributed by atoms with Crippen LogP contribution in [0.25, 0.3) is 10.9 Å². The highest BCUT2D eigenvalue weighted by molar-refractivity contribution is 5.99. The zero-order valence-electron chi connectivity index (χ0n) is 20.1. The quantitative estimate of drug-likeness (QED) is 0.546. The molecular weight excluding hydrogens is 462 g/mol. The first-order valence-corrected chi connectivity index (χ1v) is 11.5. The fraction of sp³-hybridized carbons (Fsp3) is 0.269. The summed E-state index contributed by atoms with van der Waals surface area (Å²) < 4.78 is 5.38. The van der Waals surface area contributed by atoms with E-state index in [4.69, 9.17) is 4.74 Å². The molecule has 0 spiro atoms. The summed E-state index contributed by atoms with van der Waals surface area (Å²) in [4.78, 5) is 56.9. The average Bonchev–Trinajstić information content (AvgIpc) is 2.90. The third-order valence-corrected chi connectivity index (χ3v) is 5.90. The number of piperazine rings is 1. The van der Waals surface area contributed by atoms with E-state index in [2.05, 4.69) is 15.6 Å². The van der Waals surface area contributed by atoms with Crippen molar-refractivity contribution in [2.24, 2.45) is 0 Å². The lowest BCUT2D eigenvalue weighted by atomic mass is 10.1. The van der Waals surface area contributed by atoms with Gasteiger partial charge in [-0.1, -0.05) is 12.1 Å². The minimum absolute atomic E-state index is 0.138. The Kier molecular flexibility index (Phi) is 7.43. The van der Waals surface area contributed by atoms with Gasteiger partial charge in [-0.2, -0.15) is 0 Å². The standard InChI is InChI=1S/C26H27N5O5/c1-17(32)28-19-9-7-18(8-10-19)26(35)31-13-11-30(12-14-31)24(33)16-27-25(34)22-15-23(36-2)20-5-3-4-6-21(20)29-22/h3-10,15H,11-14,16H2,1-2H3,(H,27,34)(H,28,32). The van der Waals surface area contributed by atoms with E-state index in [1.54, 1.807) is 46.2 Å². The minimum atomic E-state index is -0.469. The van der Waals surface area contributed by atoms with Gasteiger partial charge in [0.2, 0.25) is 11.8 Å². The number of carbonyl (C=O) groups excluding carboxylic acids is 4. The molecule has 36 heavy (non-hydrogen) atoms. The van der Waals surface area contributed by atoms with Crippen molar-refractivity contribution in [3.63, 3.8) is 0 Å². The van der Waals surface area contributed by atoms with E-state index in [1.807, 2.05) is 18.2 Å². The Bertz CT molecular complexity index is 1300. The van der Waals surface area contributed by atoms with Gasteiger partial charge in [-0.3, -0.25) is 19.2 Å². The second-order valence-electron chi connectivity index (χ2n) is 8.34. The molecule has 0 atom stereocenters. The Hall–Kier alpha value is -4.47. The summed E-state index contributed by atoms with van der Waals surface area (Å²) in [5.41, 5.74) is 1.92. The van der Waals surface area contributed by atoms with Crippen LogP contribution in [0.3, 0.4) is 0 Å². The van der Waals surface area contributed by atoms with Crippen LogP contribution < -0.4 is 15.4 Å². The van der Waals surface area contributed by atoms with Gasteiger partial charge in [-0.15, -0.1) is 0 Å². The predicted octanol–water partition coefficient (Wildman–Crippen LogP) is 1.92. The van der Waals surface area contributed by atoms with Crippen molar-refractivity contribution in [3.05, 3.63) is 65.9 Å². The van der Waals surface area contributed by atoms with Gasteiger partial charge in [0.05, 0.1) is 19.2 Å². The number of methoxy groups -OCH3 is 1. The number of ether oxygens (including phenoxy) is 1. The molecule has 0 aliphatic carbocycles. The first-order chi connectivity index (χ1) is 17.4. The molecule has 0 saturated carbocycles. The number of rotatable bonds is 6. The normalized spacial score (nSPS) is 13.3. The van der Waals surface area contributed by atoms with Crippen LogP contribution in [0.5, 0.6) is 5.75 Å². The molecule has 1 aliphatic heterocycles. The third-order valence-electron chi connectivity index (χ3n) is 5.90. The summed E-state index contributed by atoms with van der Waals surface area (Å²) in [6.07, 6.45) is 0. The van der Waals surface area contributed by atoms with E-state index in [0.717, 1.165) is 5.39 Å². The molecule has 0 bridgehead atoms. The smallest absolute Gasteiger partial charge is 0.270 e. The van der Waals surface area contributed by atoms with Crippen LogP contribution in [0.1, 0.15) is 27.8 Å². The molecule has 1 aliphatic rings. The van der Waals surface area contributed by atoms with Gasteiger partial charge in [0.15, 0.2) is 0 Å². The van der Waals surface area contributed by atoms with Crippen molar-refractivity contribution in [1.82, 2.24) is 20.1 Å². The number of amides is 4. The Morgan fingerprint density at radius 2 is 1.61 bits per heavy atom. The van der Waals surface area contributed by atoms with Gasteiger partial charge in [0.25, 0.3) is 11.8 Å². The summed E-state index contributed by atoms with van der Waals surface area (Å²) in [5.74, 6) is -0.491. The van der Waals surface area contributed by atoms with Crippen LogP contribution in [0.4, 0.5) is 5.69 Å². The van der Waals surface area contributed by atoms with Crippen molar-refractivity contribution in [3.8, 4) is 5.75 Å². The van der Waals surface area contributed by atoms with Crippen molar-refractivity contribution >= 4 is 40.2 Å². The molecule has 4 rings (SSSR count). The zero-order valence-corrected chi connectivity index (χ0v) is 20.1. The average molecular weight is 490 g/mol. The lowest BCUT2D eigenvalue weighted by Gasteiger charge is -2.34. The Morgan fingerprint density at radius 1 is 0.944 bits per heavy atom. The SMILES string of the molecule is COc1cc(C(=O)NCC(=O)N2CCN(C(=O)c3ccc(NC(C)=O)cc3)CC2)nc2ccccc12. The van der Waals surface area contributed by atoms with Crippen LogP contribution in [-0.2, 0) is 9.59 Å². The zero-order chi connectivity index (χ0) is 25.7. The van der Waals surface area contributed by atoms with Crippen molar-refractivity contribution in [2.45, 2.75) is 6.92 Å². The van der Waals surface area contributed by atoms with Crippen LogP contribution in [0.2, 0.25) is 0 Å². The number of hydrogen-bond donors (Lipinski definition) is 2. The summed E-state index contributed by atoms with van der Waals surface area (Å²) in [5, 5.41) is 6.09. The van der Waals surface area contributed by atoms with E-state index in [9.17, 15) is 19.2 Å². The maximum atomic E-state index is 12.8. The number of anilines is 1. The first kappa shape index (κ1) is 24.6. The maximum Gasteiger partial charge on any atom is 0.270 e. The Labute approximate surface area is 208 Å². The summed E-state index contributed by atoms with van der Waals surface area (Å²) in [6, 6.07) is 15.6. The number of carbonyl (C=O) groups is 4. The van der Waals surface area contributed by atoms with Crippen molar-refractivity contribution < 1.29 is 23.9 Å². The fourth-order valence-corrected chi connectivity index (χ4v) is 4.03. The molecule has 4 amide bonds. The molecule has 1 saturated heterocycles. The number of benzene rings is 2. The van der Waals surface area contributed by atoms with Gasteiger partial charge < -0.3 is 25.2 Å². The van der Waals surface area contributed by atoms with E-state index in [0.29, 0.717) is 48.7 Å². The largest absolute Gasteiger partial charge is 0.496 e. The number of para-hydroxylation sites is 1. The van der Waals surface area contributed by atoms with Crippen LogP contribution >= 0.6 is 0 Å². The second kappa shape index (κ2) is 10.9. The van der Waals surface area contributed by atoms with E-state index in [-0.39, 0.29) is 30.0 Å². The maximum absolute atomic E-state index is 12.8. The van der Waals surface area contributed by atoms with Gasteiger partial charge in [0.1, 0.15) is 11.4 Å². The summed E-state index contributed by atoms with van der Waals surface area (Å²) in [7, 11) is 1.53. The highest BCUT2D eigenvalue weighted by atomic mass is 16.5. The van der Waals surface area contributed by atoms with Crippen molar-refractivity contribution in [2.75, 3.05) is 45.2 Å². The lowest BCUT2D eigenvalue weighted by Crippen LogP contribution is -2.52. The summed E-state index contributed by atoms with van der Waals surface area (Å²) >= 11 is 0. The number of aromatic nitrogens is 1. The molecular formula is C26H27N5O5. The number of nitrogens with one attached hydrogen (secondary N) is 2. The predicted molar refractivity (Wildman–Crippen MR) is 134 cm³/mol. The van der Waals surface area contributed by atoms with Crippen LogP contribution in [0, 0.1) is 0 Å².